The molecule has 0 radical (unpaired) electrons. The van der Waals surface area contributed by atoms with Crippen molar-refractivity contribution in [3.63, 3.8) is 0 Å². The molecule has 0 aliphatic heterocycles. The summed E-state index contributed by atoms with van der Waals surface area (Å²) in [6.07, 6.45) is 3.92. The number of Topliss-reactive ketones (excluding diaryl/α,β-unsaturated/α-hetero) is 1. The van der Waals surface area contributed by atoms with E-state index in [0.29, 0.717) is 11.7 Å². The first-order chi connectivity index (χ1) is 11.3. The van der Waals surface area contributed by atoms with E-state index in [-0.39, 0.29) is 11.8 Å². The summed E-state index contributed by atoms with van der Waals surface area (Å²) in [5, 5.41) is 0. The summed E-state index contributed by atoms with van der Waals surface area (Å²) in [7, 11) is 0. The Hall–Kier alpha value is -2.59. The predicted octanol–water partition coefficient (Wildman–Crippen LogP) is 4.36. The van der Waals surface area contributed by atoms with Gasteiger partial charge in [-0.2, -0.15) is 0 Å². The van der Waals surface area contributed by atoms with Crippen molar-refractivity contribution in [2.45, 2.75) is 18.8 Å². The quantitative estimate of drug-likeness (QED) is 0.715. The zero-order valence-corrected chi connectivity index (χ0v) is 12.9. The van der Waals surface area contributed by atoms with Gasteiger partial charge < -0.3 is 0 Å². The number of hydrogen-bond donors (Lipinski definition) is 0. The van der Waals surface area contributed by atoms with Gasteiger partial charge in [0.15, 0.2) is 0 Å². The van der Waals surface area contributed by atoms with Gasteiger partial charge in [-0.3, -0.25) is 4.79 Å². The third kappa shape index (κ3) is 2.62. The van der Waals surface area contributed by atoms with Crippen LogP contribution in [0.1, 0.15) is 29.9 Å². The van der Waals surface area contributed by atoms with Crippen LogP contribution < -0.4 is 0 Å². The minimum absolute atomic E-state index is 0.00447. The highest BCUT2D eigenvalue weighted by Crippen LogP contribution is 2.48. The van der Waals surface area contributed by atoms with Crippen molar-refractivity contribution in [3.8, 4) is 11.8 Å². The Bertz CT molecular complexity index is 805. The summed E-state index contributed by atoms with van der Waals surface area (Å²) in [5.41, 5.74) is 3.31. The third-order valence-electron chi connectivity index (χ3n) is 5.00. The molecule has 0 unspecified atom stereocenters. The van der Waals surface area contributed by atoms with Crippen LogP contribution in [0.2, 0.25) is 0 Å². The molecule has 1 heteroatoms. The molecule has 0 saturated heterocycles. The normalized spacial score (nSPS) is 25.5. The molecule has 23 heavy (non-hydrogen) atoms. The maximum Gasteiger partial charge on any atom is 0.144 e. The van der Waals surface area contributed by atoms with Crippen LogP contribution in [0.15, 0.2) is 72.3 Å². The highest BCUT2D eigenvalue weighted by molar-refractivity contribution is 5.91. The molecular formula is C22H18O. The van der Waals surface area contributed by atoms with E-state index in [1.807, 2.05) is 36.4 Å². The Balaban J connectivity index is 1.59. The number of carbonyl (C=O) groups excluding carboxylic acids is 1. The average molecular weight is 298 g/mol. The van der Waals surface area contributed by atoms with E-state index in [1.165, 1.54) is 5.56 Å². The topological polar surface area (TPSA) is 17.1 Å². The van der Waals surface area contributed by atoms with E-state index < -0.39 is 0 Å². The molecule has 2 aliphatic rings. The first-order valence-corrected chi connectivity index (χ1v) is 8.19. The molecule has 1 saturated carbocycles. The monoisotopic (exact) mass is 298 g/mol. The van der Waals surface area contributed by atoms with Gasteiger partial charge in [-0.05, 0) is 36.5 Å². The Kier molecular flexibility index (Phi) is 3.60. The Morgan fingerprint density at radius 3 is 2.26 bits per heavy atom. The van der Waals surface area contributed by atoms with Gasteiger partial charge in [0.25, 0.3) is 0 Å². The third-order valence-corrected chi connectivity index (χ3v) is 5.00. The molecule has 0 N–H and O–H groups in total. The van der Waals surface area contributed by atoms with Crippen LogP contribution >= 0.6 is 0 Å². The molecule has 2 aromatic rings. The summed E-state index contributed by atoms with van der Waals surface area (Å²) in [6.45, 7) is 0. The highest BCUT2D eigenvalue weighted by Gasteiger charge is 2.45. The van der Waals surface area contributed by atoms with Gasteiger partial charge in [0.2, 0.25) is 0 Å². The van der Waals surface area contributed by atoms with Crippen molar-refractivity contribution < 1.29 is 4.79 Å². The number of rotatable bonds is 1. The van der Waals surface area contributed by atoms with Crippen LogP contribution in [0.25, 0.3) is 0 Å². The van der Waals surface area contributed by atoms with Gasteiger partial charge in [0.1, 0.15) is 5.78 Å². The zero-order valence-electron chi connectivity index (χ0n) is 12.9. The fraction of sp³-hybridized carbons (Fsp3) is 0.227. The molecule has 0 heterocycles. The summed E-state index contributed by atoms with van der Waals surface area (Å²) in [4.78, 5) is 12.7. The second kappa shape index (κ2) is 5.89. The van der Waals surface area contributed by atoms with Gasteiger partial charge in [-0.15, -0.1) is 0 Å². The first-order valence-electron chi connectivity index (χ1n) is 8.19. The van der Waals surface area contributed by atoms with Crippen LogP contribution in [0.4, 0.5) is 0 Å². The molecule has 0 spiro atoms. The largest absolute Gasteiger partial charge is 0.299 e. The van der Waals surface area contributed by atoms with Crippen molar-refractivity contribution >= 4 is 5.78 Å². The van der Waals surface area contributed by atoms with Crippen molar-refractivity contribution in [3.05, 3.63) is 83.4 Å². The summed E-state index contributed by atoms with van der Waals surface area (Å²) < 4.78 is 0. The molecule has 2 bridgehead atoms. The van der Waals surface area contributed by atoms with E-state index in [1.54, 1.807) is 0 Å². The molecule has 0 amide bonds. The van der Waals surface area contributed by atoms with Crippen molar-refractivity contribution in [2.75, 3.05) is 0 Å². The average Bonchev–Trinajstić information content (AvgIpc) is 2.81. The minimum Gasteiger partial charge on any atom is -0.299 e. The molecule has 0 aromatic heterocycles. The van der Waals surface area contributed by atoms with Crippen LogP contribution in [0.5, 0.6) is 0 Å². The van der Waals surface area contributed by atoms with E-state index >= 15 is 0 Å². The summed E-state index contributed by atoms with van der Waals surface area (Å²) in [5.74, 6) is 7.33. The lowest BCUT2D eigenvalue weighted by Crippen LogP contribution is -2.21. The molecule has 4 rings (SSSR count). The van der Waals surface area contributed by atoms with Gasteiger partial charge in [-0.1, -0.05) is 66.4 Å². The number of hydrogen-bond acceptors (Lipinski definition) is 1. The molecule has 1 fully saturated rings. The standard InChI is InChI=1S/C22H18O/c23-22-19-14-13-18(12-11-16-7-3-1-4-8-16)21(22)15-20(19)17-9-5-2-6-10-17/h1-10,13,19-21H,14-15H2/t19-,20+,21-/m1/s1. The maximum absolute atomic E-state index is 12.7. The van der Waals surface area contributed by atoms with Gasteiger partial charge >= 0.3 is 0 Å². The van der Waals surface area contributed by atoms with Gasteiger partial charge in [-0.25, -0.2) is 0 Å². The summed E-state index contributed by atoms with van der Waals surface area (Å²) >= 11 is 0. The number of fused-ring (bicyclic) bond motifs is 2. The van der Waals surface area contributed by atoms with E-state index in [4.69, 9.17) is 0 Å². The predicted molar refractivity (Wildman–Crippen MR) is 91.8 cm³/mol. The smallest absolute Gasteiger partial charge is 0.144 e. The Labute approximate surface area is 137 Å². The zero-order chi connectivity index (χ0) is 15.6. The maximum atomic E-state index is 12.7. The van der Waals surface area contributed by atoms with Gasteiger partial charge in [0, 0.05) is 17.1 Å². The van der Waals surface area contributed by atoms with Crippen molar-refractivity contribution in [1.82, 2.24) is 0 Å². The number of carbonyl (C=O) groups is 1. The minimum atomic E-state index is -0.00447. The fourth-order valence-corrected chi connectivity index (χ4v) is 3.82. The van der Waals surface area contributed by atoms with Crippen LogP contribution in [0.3, 0.4) is 0 Å². The SMILES string of the molecule is O=C1[C@@H]2C[C@@H](c3ccccc3)[C@H]1CC=C2C#Cc1ccccc1. The molecule has 2 aromatic carbocycles. The van der Waals surface area contributed by atoms with Gasteiger partial charge in [0.05, 0.1) is 5.92 Å². The first kappa shape index (κ1) is 14.0. The van der Waals surface area contributed by atoms with Crippen molar-refractivity contribution in [1.29, 1.82) is 0 Å². The molecule has 1 nitrogen and oxygen atoms in total. The molecule has 112 valence electrons. The lowest BCUT2D eigenvalue weighted by Gasteiger charge is -2.18. The second-order valence-corrected chi connectivity index (χ2v) is 6.33. The van der Waals surface area contributed by atoms with Crippen LogP contribution in [-0.4, -0.2) is 5.78 Å². The highest BCUT2D eigenvalue weighted by atomic mass is 16.1. The molecule has 2 aliphatic carbocycles. The number of ketones is 1. The number of allylic oxidation sites excluding steroid dienone is 2. The van der Waals surface area contributed by atoms with Crippen LogP contribution in [0, 0.1) is 23.7 Å². The van der Waals surface area contributed by atoms with E-state index in [2.05, 4.69) is 42.2 Å². The van der Waals surface area contributed by atoms with E-state index in [9.17, 15) is 4.79 Å². The fourth-order valence-electron chi connectivity index (χ4n) is 3.82. The Morgan fingerprint density at radius 2 is 1.52 bits per heavy atom. The Morgan fingerprint density at radius 1 is 0.826 bits per heavy atom. The molecule has 3 atom stereocenters. The lowest BCUT2D eigenvalue weighted by molar-refractivity contribution is -0.123. The van der Waals surface area contributed by atoms with E-state index in [0.717, 1.165) is 24.0 Å². The van der Waals surface area contributed by atoms with Crippen molar-refractivity contribution in [2.24, 2.45) is 11.8 Å². The molecular weight excluding hydrogens is 280 g/mol. The number of benzene rings is 2. The second-order valence-electron chi connectivity index (χ2n) is 6.33. The lowest BCUT2D eigenvalue weighted by atomic mass is 9.84. The van der Waals surface area contributed by atoms with Crippen LogP contribution in [-0.2, 0) is 4.79 Å². The summed E-state index contributed by atoms with van der Waals surface area (Å²) in [6, 6.07) is 20.4.